The van der Waals surface area contributed by atoms with Gasteiger partial charge in [-0.25, -0.2) is 0 Å². The van der Waals surface area contributed by atoms with Crippen molar-refractivity contribution in [1.29, 1.82) is 5.26 Å². The molecule has 0 fully saturated rings. The summed E-state index contributed by atoms with van der Waals surface area (Å²) in [6, 6.07) is 7.29. The number of nitrogens with one attached hydrogen (secondary N) is 1. The molecule has 4 nitrogen and oxygen atoms in total. The predicted molar refractivity (Wildman–Crippen MR) is 67.6 cm³/mol. The molecule has 0 radical (unpaired) electrons. The van der Waals surface area contributed by atoms with Crippen LogP contribution in [0.3, 0.4) is 0 Å². The largest absolute Gasteiger partial charge is 0.398 e. The third-order valence-electron chi connectivity index (χ3n) is 2.11. The molecule has 1 atom stereocenters. The van der Waals surface area contributed by atoms with Crippen LogP contribution >= 0.6 is 0 Å². The highest BCUT2D eigenvalue weighted by Gasteiger charge is 1.99. The van der Waals surface area contributed by atoms with Crippen LogP contribution in [0.5, 0.6) is 0 Å². The van der Waals surface area contributed by atoms with E-state index in [-0.39, 0.29) is 0 Å². The second-order valence-electron chi connectivity index (χ2n) is 3.47. The molecular weight excluding hydrogens is 222 g/mol. The van der Waals surface area contributed by atoms with Crippen LogP contribution in [0.15, 0.2) is 18.2 Å². The quantitative estimate of drug-likeness (QED) is 0.598. The minimum absolute atomic E-state index is 0.476. The topological polar surface area (TPSA) is 78.9 Å². The van der Waals surface area contributed by atoms with Crippen LogP contribution in [0.4, 0.5) is 11.4 Å². The molecule has 0 saturated carbocycles. The third kappa shape index (κ3) is 3.91. The fourth-order valence-electron chi connectivity index (χ4n) is 1.27. The maximum Gasteiger partial charge on any atom is 0.101 e. The Labute approximate surface area is 97.9 Å². The molecule has 0 amide bonds. The molecule has 3 N–H and O–H groups in total. The van der Waals surface area contributed by atoms with E-state index in [4.69, 9.17) is 11.0 Å². The van der Waals surface area contributed by atoms with Gasteiger partial charge in [-0.2, -0.15) is 5.26 Å². The number of anilines is 2. The summed E-state index contributed by atoms with van der Waals surface area (Å²) in [7, 11) is -0.745. The first-order valence-corrected chi connectivity index (χ1v) is 6.69. The zero-order chi connectivity index (χ0) is 12.0. The minimum Gasteiger partial charge on any atom is -0.398 e. The van der Waals surface area contributed by atoms with Crippen molar-refractivity contribution in [2.75, 3.05) is 29.6 Å². The molecule has 0 aliphatic carbocycles. The van der Waals surface area contributed by atoms with Gasteiger partial charge < -0.3 is 11.1 Å². The van der Waals surface area contributed by atoms with Gasteiger partial charge in [-0.1, -0.05) is 0 Å². The number of nitriles is 1. The van der Waals surface area contributed by atoms with Gasteiger partial charge in [0.15, 0.2) is 0 Å². The van der Waals surface area contributed by atoms with Crippen LogP contribution in [0.1, 0.15) is 12.0 Å². The first-order valence-electron chi connectivity index (χ1n) is 4.97. The monoisotopic (exact) mass is 237 g/mol. The molecule has 1 aromatic rings. The molecule has 1 rings (SSSR count). The first-order chi connectivity index (χ1) is 7.63. The molecule has 0 saturated heterocycles. The fraction of sp³-hybridized carbons (Fsp3) is 0.364. The van der Waals surface area contributed by atoms with Crippen LogP contribution in [0.25, 0.3) is 0 Å². The van der Waals surface area contributed by atoms with Crippen LogP contribution in [0.2, 0.25) is 0 Å². The van der Waals surface area contributed by atoms with E-state index in [0.29, 0.717) is 17.0 Å². The van der Waals surface area contributed by atoms with Crippen LogP contribution in [-0.2, 0) is 10.8 Å². The smallest absolute Gasteiger partial charge is 0.101 e. The Hall–Kier alpha value is -1.54. The van der Waals surface area contributed by atoms with E-state index in [0.717, 1.165) is 18.7 Å². The normalized spacial score (nSPS) is 11.8. The Bertz CT molecular complexity index is 426. The van der Waals surface area contributed by atoms with Crippen molar-refractivity contribution < 1.29 is 4.21 Å². The van der Waals surface area contributed by atoms with Crippen molar-refractivity contribution in [3.05, 3.63) is 23.8 Å². The molecule has 0 aromatic heterocycles. The molecule has 5 heteroatoms. The standard InChI is InChI=1S/C11H15N3OS/c1-16(15)6-2-5-14-10-3-4-11(13)9(7-10)8-12/h3-4,7,14H,2,5-6,13H2,1H3. The van der Waals surface area contributed by atoms with Gasteiger partial charge in [0.2, 0.25) is 0 Å². The summed E-state index contributed by atoms with van der Waals surface area (Å²) >= 11 is 0. The van der Waals surface area contributed by atoms with Gasteiger partial charge in [0.1, 0.15) is 6.07 Å². The average Bonchev–Trinajstić information content (AvgIpc) is 2.26. The second-order valence-corrected chi connectivity index (χ2v) is 5.03. The lowest BCUT2D eigenvalue weighted by Gasteiger charge is -2.06. The highest BCUT2D eigenvalue weighted by atomic mass is 32.2. The van der Waals surface area contributed by atoms with E-state index >= 15 is 0 Å². The van der Waals surface area contributed by atoms with Gasteiger partial charge in [0.05, 0.1) is 5.56 Å². The fourth-order valence-corrected chi connectivity index (χ4v) is 1.82. The van der Waals surface area contributed by atoms with Crippen molar-refractivity contribution >= 4 is 22.2 Å². The lowest BCUT2D eigenvalue weighted by molar-refractivity contribution is 0.685. The maximum absolute atomic E-state index is 10.8. The highest BCUT2D eigenvalue weighted by molar-refractivity contribution is 7.84. The number of rotatable bonds is 5. The Balaban J connectivity index is 2.49. The number of hydrogen-bond donors (Lipinski definition) is 2. The second kappa shape index (κ2) is 6.13. The zero-order valence-corrected chi connectivity index (χ0v) is 10.0. The Kier molecular flexibility index (Phi) is 4.80. The number of nitrogens with two attached hydrogens (primary N) is 1. The van der Waals surface area contributed by atoms with E-state index in [2.05, 4.69) is 5.32 Å². The van der Waals surface area contributed by atoms with Gasteiger partial charge in [0, 0.05) is 40.7 Å². The third-order valence-corrected chi connectivity index (χ3v) is 2.98. The number of hydrogen-bond acceptors (Lipinski definition) is 4. The van der Waals surface area contributed by atoms with Gasteiger partial charge in [-0.3, -0.25) is 4.21 Å². The molecule has 0 spiro atoms. The molecule has 16 heavy (non-hydrogen) atoms. The van der Waals surface area contributed by atoms with Gasteiger partial charge >= 0.3 is 0 Å². The summed E-state index contributed by atoms with van der Waals surface area (Å²) in [6.45, 7) is 0.744. The average molecular weight is 237 g/mol. The Morgan fingerprint density at radius 2 is 2.31 bits per heavy atom. The summed E-state index contributed by atoms with van der Waals surface area (Å²) in [5.74, 6) is 0.688. The SMILES string of the molecule is CS(=O)CCCNc1ccc(N)c(C#N)c1. The van der Waals surface area contributed by atoms with Crippen LogP contribution in [-0.4, -0.2) is 22.8 Å². The molecule has 0 aliphatic heterocycles. The maximum atomic E-state index is 10.8. The van der Waals surface area contributed by atoms with Crippen molar-refractivity contribution in [3.8, 4) is 6.07 Å². The van der Waals surface area contributed by atoms with Crippen LogP contribution in [0, 0.1) is 11.3 Å². The lowest BCUT2D eigenvalue weighted by Crippen LogP contribution is -2.06. The van der Waals surface area contributed by atoms with E-state index in [1.807, 2.05) is 12.1 Å². The van der Waals surface area contributed by atoms with Crippen molar-refractivity contribution in [2.45, 2.75) is 6.42 Å². The molecular formula is C11H15N3OS. The lowest BCUT2D eigenvalue weighted by atomic mass is 10.2. The van der Waals surface area contributed by atoms with E-state index in [1.165, 1.54) is 0 Å². The molecule has 1 unspecified atom stereocenters. The molecule has 86 valence electrons. The Morgan fingerprint density at radius 1 is 1.56 bits per heavy atom. The zero-order valence-electron chi connectivity index (χ0n) is 9.19. The summed E-state index contributed by atoms with van der Waals surface area (Å²) in [5, 5.41) is 12.0. The van der Waals surface area contributed by atoms with Crippen LogP contribution < -0.4 is 11.1 Å². The predicted octanol–water partition coefficient (Wildman–Crippen LogP) is 1.32. The molecule has 0 heterocycles. The van der Waals surface area contributed by atoms with Crippen molar-refractivity contribution in [1.82, 2.24) is 0 Å². The number of nitrogen functional groups attached to an aromatic ring is 1. The van der Waals surface area contributed by atoms with Crippen molar-refractivity contribution in [3.63, 3.8) is 0 Å². The molecule has 0 aliphatic rings. The molecule has 0 bridgehead atoms. The first kappa shape index (κ1) is 12.5. The van der Waals surface area contributed by atoms with E-state index < -0.39 is 10.8 Å². The highest BCUT2D eigenvalue weighted by Crippen LogP contribution is 2.16. The molecule has 1 aromatic carbocycles. The summed E-state index contributed by atoms with van der Waals surface area (Å²) in [6.07, 6.45) is 2.53. The van der Waals surface area contributed by atoms with Crippen molar-refractivity contribution in [2.24, 2.45) is 0 Å². The van der Waals surface area contributed by atoms with Gasteiger partial charge in [0.25, 0.3) is 0 Å². The number of nitrogens with zero attached hydrogens (tertiary/aromatic N) is 1. The summed E-state index contributed by atoms with van der Waals surface area (Å²) < 4.78 is 10.8. The minimum atomic E-state index is -0.745. The summed E-state index contributed by atoms with van der Waals surface area (Å²) in [4.78, 5) is 0. The van der Waals surface area contributed by atoms with E-state index in [9.17, 15) is 4.21 Å². The van der Waals surface area contributed by atoms with Gasteiger partial charge in [-0.15, -0.1) is 0 Å². The Morgan fingerprint density at radius 3 is 2.94 bits per heavy atom. The number of benzene rings is 1. The van der Waals surface area contributed by atoms with Gasteiger partial charge in [-0.05, 0) is 24.6 Å². The summed E-state index contributed by atoms with van der Waals surface area (Å²) in [5.41, 5.74) is 7.44. The van der Waals surface area contributed by atoms with E-state index in [1.54, 1.807) is 18.4 Å².